The Morgan fingerprint density at radius 3 is 2.75 bits per heavy atom. The van der Waals surface area contributed by atoms with Gasteiger partial charge in [-0.3, -0.25) is 9.58 Å². The van der Waals surface area contributed by atoms with E-state index in [9.17, 15) is 0 Å². The van der Waals surface area contributed by atoms with Gasteiger partial charge in [0.25, 0.3) is 0 Å². The number of aryl methyl sites for hydroxylation is 2. The molecule has 6 nitrogen and oxygen atoms in total. The van der Waals surface area contributed by atoms with E-state index >= 15 is 0 Å². The third-order valence-corrected chi connectivity index (χ3v) is 5.78. The van der Waals surface area contributed by atoms with Crippen LogP contribution in [0.4, 0.5) is 0 Å². The molecule has 4 rings (SSSR count). The highest BCUT2D eigenvalue weighted by molar-refractivity contribution is 5.82. The molecule has 0 spiro atoms. The van der Waals surface area contributed by atoms with E-state index in [-0.39, 0.29) is 0 Å². The molecule has 28 heavy (non-hydrogen) atoms. The monoisotopic (exact) mass is 379 g/mol. The summed E-state index contributed by atoms with van der Waals surface area (Å²) >= 11 is 0. The van der Waals surface area contributed by atoms with Crippen molar-refractivity contribution >= 4 is 0 Å². The van der Waals surface area contributed by atoms with Crippen LogP contribution in [0.1, 0.15) is 25.5 Å². The summed E-state index contributed by atoms with van der Waals surface area (Å²) in [6.07, 6.45) is 6.58. The predicted molar refractivity (Wildman–Crippen MR) is 111 cm³/mol. The summed E-state index contributed by atoms with van der Waals surface area (Å²) in [7, 11) is 3.68. The van der Waals surface area contributed by atoms with Crippen LogP contribution in [0.25, 0.3) is 22.5 Å². The Hall–Kier alpha value is -2.60. The molecule has 1 fully saturated rings. The fourth-order valence-corrected chi connectivity index (χ4v) is 4.42. The maximum Gasteiger partial charge on any atom is 0.128 e. The van der Waals surface area contributed by atoms with E-state index < -0.39 is 0 Å². The van der Waals surface area contributed by atoms with Crippen molar-refractivity contribution in [1.82, 2.24) is 24.2 Å². The number of ether oxygens (including phenoxy) is 1. The zero-order chi connectivity index (χ0) is 19.7. The van der Waals surface area contributed by atoms with Crippen LogP contribution < -0.4 is 4.74 Å². The lowest BCUT2D eigenvalue weighted by atomic mass is 10.0. The van der Waals surface area contributed by atoms with Crippen LogP contribution in [0.3, 0.4) is 0 Å². The van der Waals surface area contributed by atoms with Crippen molar-refractivity contribution in [3.63, 3.8) is 0 Å². The van der Waals surface area contributed by atoms with Gasteiger partial charge in [-0.25, -0.2) is 4.98 Å². The Kier molecular flexibility index (Phi) is 5.22. The molecule has 0 aliphatic carbocycles. The molecule has 1 saturated heterocycles. The highest BCUT2D eigenvalue weighted by Gasteiger charge is 2.27. The van der Waals surface area contributed by atoms with Gasteiger partial charge in [0.05, 0.1) is 24.8 Å². The third-order valence-electron chi connectivity index (χ3n) is 5.78. The lowest BCUT2D eigenvalue weighted by Gasteiger charge is -2.24. The zero-order valence-corrected chi connectivity index (χ0v) is 17.2. The van der Waals surface area contributed by atoms with Crippen molar-refractivity contribution in [2.45, 2.75) is 39.3 Å². The molecule has 1 aliphatic heterocycles. The number of aromatic nitrogens is 4. The smallest absolute Gasteiger partial charge is 0.128 e. The van der Waals surface area contributed by atoms with Gasteiger partial charge in [0, 0.05) is 37.0 Å². The van der Waals surface area contributed by atoms with Crippen molar-refractivity contribution in [3.8, 4) is 28.3 Å². The number of para-hydroxylation sites is 1. The molecular weight excluding hydrogens is 350 g/mol. The van der Waals surface area contributed by atoms with Gasteiger partial charge in [0.1, 0.15) is 11.4 Å². The maximum absolute atomic E-state index is 5.62. The molecule has 0 N–H and O–H groups in total. The Bertz CT molecular complexity index is 958. The van der Waals surface area contributed by atoms with Crippen LogP contribution in [-0.2, 0) is 13.6 Å². The van der Waals surface area contributed by atoms with Gasteiger partial charge in [-0.05, 0) is 45.0 Å². The molecule has 3 aromatic rings. The van der Waals surface area contributed by atoms with E-state index in [0.29, 0.717) is 6.04 Å². The number of hydrogen-bond acceptors (Lipinski definition) is 4. The summed E-state index contributed by atoms with van der Waals surface area (Å²) < 4.78 is 9.81. The minimum absolute atomic E-state index is 0.556. The fraction of sp³-hybridized carbons (Fsp3) is 0.455. The van der Waals surface area contributed by atoms with Gasteiger partial charge >= 0.3 is 0 Å². The van der Waals surface area contributed by atoms with Crippen LogP contribution in [0, 0.1) is 6.92 Å². The number of rotatable bonds is 6. The molecule has 6 heteroatoms. The van der Waals surface area contributed by atoms with Gasteiger partial charge in [0.2, 0.25) is 0 Å². The van der Waals surface area contributed by atoms with Gasteiger partial charge in [0.15, 0.2) is 0 Å². The quantitative estimate of drug-likeness (QED) is 0.654. The average Bonchev–Trinajstić information content (AvgIpc) is 3.40. The van der Waals surface area contributed by atoms with Gasteiger partial charge in [-0.2, -0.15) is 5.10 Å². The molecular formula is C22H29N5O. The van der Waals surface area contributed by atoms with Crippen LogP contribution in [0.15, 0.2) is 36.8 Å². The summed E-state index contributed by atoms with van der Waals surface area (Å²) in [6, 6.07) is 8.65. The van der Waals surface area contributed by atoms with E-state index in [1.807, 2.05) is 36.3 Å². The standard InChI is InChI=1S/C22H29N5O/c1-5-26-12-8-9-17(26)13-27-15-23-21(18-10-6-7-11-20(18)28-4)22(27)19-14-25(3)24-16(19)2/h6-7,10-11,14-15,17H,5,8-9,12-13H2,1-4H3. The van der Waals surface area contributed by atoms with Gasteiger partial charge < -0.3 is 9.30 Å². The first-order valence-corrected chi connectivity index (χ1v) is 10.1. The number of methoxy groups -OCH3 is 1. The Balaban J connectivity index is 1.83. The molecule has 1 aromatic carbocycles. The molecule has 1 aliphatic rings. The van der Waals surface area contributed by atoms with Crippen LogP contribution in [0.2, 0.25) is 0 Å². The Labute approximate surface area is 166 Å². The predicted octanol–water partition coefficient (Wildman–Crippen LogP) is 3.75. The molecule has 0 saturated carbocycles. The number of benzene rings is 1. The van der Waals surface area contributed by atoms with E-state index in [1.54, 1.807) is 7.11 Å². The summed E-state index contributed by atoms with van der Waals surface area (Å²) in [5.74, 6) is 0.839. The van der Waals surface area contributed by atoms with Crippen molar-refractivity contribution < 1.29 is 4.74 Å². The lowest BCUT2D eigenvalue weighted by molar-refractivity contribution is 0.245. The van der Waals surface area contributed by atoms with Crippen molar-refractivity contribution in [2.75, 3.05) is 20.2 Å². The van der Waals surface area contributed by atoms with E-state index in [4.69, 9.17) is 9.72 Å². The molecule has 0 bridgehead atoms. The van der Waals surface area contributed by atoms with Gasteiger partial charge in [-0.15, -0.1) is 0 Å². The maximum atomic E-state index is 5.62. The largest absolute Gasteiger partial charge is 0.496 e. The van der Waals surface area contributed by atoms with Gasteiger partial charge in [-0.1, -0.05) is 19.1 Å². The minimum atomic E-state index is 0.556. The SMILES string of the molecule is CCN1CCCC1Cn1cnc(-c2ccccc2OC)c1-c1cn(C)nc1C. The fourth-order valence-electron chi connectivity index (χ4n) is 4.42. The van der Waals surface area contributed by atoms with E-state index in [0.717, 1.165) is 47.0 Å². The minimum Gasteiger partial charge on any atom is -0.496 e. The molecule has 148 valence electrons. The Morgan fingerprint density at radius 2 is 2.04 bits per heavy atom. The normalized spacial score (nSPS) is 17.4. The first kappa shape index (κ1) is 18.7. The second-order valence-electron chi connectivity index (χ2n) is 7.52. The number of likely N-dealkylation sites (tertiary alicyclic amines) is 1. The molecule has 1 atom stereocenters. The van der Waals surface area contributed by atoms with Crippen molar-refractivity contribution in [2.24, 2.45) is 7.05 Å². The number of nitrogens with zero attached hydrogens (tertiary/aromatic N) is 5. The Morgan fingerprint density at radius 1 is 1.21 bits per heavy atom. The molecule has 2 aromatic heterocycles. The van der Waals surface area contributed by atoms with E-state index in [2.05, 4.69) is 40.7 Å². The first-order chi connectivity index (χ1) is 13.6. The molecule has 0 amide bonds. The van der Waals surface area contributed by atoms with Crippen LogP contribution in [0.5, 0.6) is 5.75 Å². The second-order valence-corrected chi connectivity index (χ2v) is 7.52. The highest BCUT2D eigenvalue weighted by Crippen LogP contribution is 2.37. The number of likely N-dealkylation sites (N-methyl/N-ethyl adjacent to an activating group) is 1. The van der Waals surface area contributed by atoms with Crippen molar-refractivity contribution in [1.29, 1.82) is 0 Å². The van der Waals surface area contributed by atoms with Crippen molar-refractivity contribution in [3.05, 3.63) is 42.5 Å². The average molecular weight is 380 g/mol. The second kappa shape index (κ2) is 7.80. The molecule has 1 unspecified atom stereocenters. The van der Waals surface area contributed by atoms with E-state index in [1.165, 1.54) is 19.4 Å². The third kappa shape index (κ3) is 3.33. The number of hydrogen-bond donors (Lipinski definition) is 0. The highest BCUT2D eigenvalue weighted by atomic mass is 16.5. The topological polar surface area (TPSA) is 48.1 Å². The lowest BCUT2D eigenvalue weighted by Crippen LogP contribution is -2.32. The number of imidazole rings is 1. The first-order valence-electron chi connectivity index (χ1n) is 10.1. The molecule has 0 radical (unpaired) electrons. The summed E-state index contributed by atoms with van der Waals surface area (Å²) in [6.45, 7) is 7.54. The van der Waals surface area contributed by atoms with Crippen LogP contribution in [-0.4, -0.2) is 50.5 Å². The van der Waals surface area contributed by atoms with Crippen LogP contribution >= 0.6 is 0 Å². The zero-order valence-electron chi connectivity index (χ0n) is 17.2. The molecule has 3 heterocycles. The summed E-state index contributed by atoms with van der Waals surface area (Å²) in [4.78, 5) is 7.41. The summed E-state index contributed by atoms with van der Waals surface area (Å²) in [5.41, 5.74) is 5.23. The summed E-state index contributed by atoms with van der Waals surface area (Å²) in [5, 5.41) is 4.58.